The number of hydrogen-bond donors (Lipinski definition) is 4. The first-order valence-electron chi connectivity index (χ1n) is 13.5. The summed E-state index contributed by atoms with van der Waals surface area (Å²) >= 11 is 0. The molecule has 4 N–H and O–H groups in total. The molecular weight excluding hydrogens is 568 g/mol. The second kappa shape index (κ2) is 10.6. The molecule has 0 saturated heterocycles. The largest absolute Gasteiger partial charge is 0.504 e. The summed E-state index contributed by atoms with van der Waals surface area (Å²) in [6.07, 6.45) is 0. The summed E-state index contributed by atoms with van der Waals surface area (Å²) in [7, 11) is 8.67. The molecule has 0 aliphatic rings. The van der Waals surface area contributed by atoms with Gasteiger partial charge >= 0.3 is 0 Å². The van der Waals surface area contributed by atoms with Crippen molar-refractivity contribution in [2.45, 2.75) is 0 Å². The van der Waals surface area contributed by atoms with Gasteiger partial charge in [0.05, 0.1) is 42.7 Å². The van der Waals surface area contributed by atoms with Crippen LogP contribution in [0.25, 0.3) is 54.2 Å². The number of methoxy groups -OCH3 is 6. The third-order valence-corrected chi connectivity index (χ3v) is 8.05. The maximum atomic E-state index is 11.9. The van der Waals surface area contributed by atoms with E-state index in [-0.39, 0.29) is 68.6 Å². The Morgan fingerprint density at radius 3 is 0.955 bits per heavy atom. The van der Waals surface area contributed by atoms with E-state index in [9.17, 15) is 20.4 Å². The lowest BCUT2D eigenvalue weighted by Gasteiger charge is -2.23. The van der Waals surface area contributed by atoms with Gasteiger partial charge in [-0.2, -0.15) is 0 Å². The van der Waals surface area contributed by atoms with Crippen LogP contribution < -0.4 is 28.4 Å². The average Bonchev–Trinajstić information content (AvgIpc) is 3.03. The molecule has 0 unspecified atom stereocenters. The lowest BCUT2D eigenvalue weighted by atomic mass is 9.87. The van der Waals surface area contributed by atoms with E-state index in [1.54, 1.807) is 36.4 Å². The van der Waals surface area contributed by atoms with Gasteiger partial charge in [-0.15, -0.1) is 0 Å². The topological polar surface area (TPSA) is 136 Å². The molecular formula is C34H30O10. The van der Waals surface area contributed by atoms with Gasteiger partial charge in [-0.05, 0) is 57.9 Å². The molecule has 10 nitrogen and oxygen atoms in total. The normalized spacial score (nSPS) is 11.3. The highest BCUT2D eigenvalue weighted by atomic mass is 16.5. The quantitative estimate of drug-likeness (QED) is 0.145. The van der Waals surface area contributed by atoms with Gasteiger partial charge in [0.1, 0.15) is 0 Å². The predicted octanol–water partition coefficient (Wildman–Crippen LogP) is 6.84. The van der Waals surface area contributed by atoms with E-state index < -0.39 is 0 Å². The van der Waals surface area contributed by atoms with Crippen LogP contribution in [0.2, 0.25) is 0 Å². The number of ether oxygens (including phenoxy) is 6. The van der Waals surface area contributed by atoms with Crippen molar-refractivity contribution in [2.75, 3.05) is 42.7 Å². The Morgan fingerprint density at radius 2 is 0.636 bits per heavy atom. The first-order chi connectivity index (χ1) is 21.3. The highest BCUT2D eigenvalue weighted by Gasteiger charge is 2.31. The number of hydrogen-bond acceptors (Lipinski definition) is 10. The second-order valence-electron chi connectivity index (χ2n) is 9.98. The minimum absolute atomic E-state index is 0.0317. The zero-order valence-corrected chi connectivity index (χ0v) is 24.9. The Balaban J connectivity index is 1.90. The summed E-state index contributed by atoms with van der Waals surface area (Å²) < 4.78 is 34.0. The predicted molar refractivity (Wildman–Crippen MR) is 168 cm³/mol. The Morgan fingerprint density at radius 1 is 0.341 bits per heavy atom. The Bertz CT molecular complexity index is 1980. The summed E-state index contributed by atoms with van der Waals surface area (Å²) in [6, 6.07) is 13.5. The van der Waals surface area contributed by atoms with Gasteiger partial charge in [0.25, 0.3) is 0 Å². The summed E-state index contributed by atoms with van der Waals surface area (Å²) in [5.74, 6) is 0.444. The first-order valence-corrected chi connectivity index (χ1v) is 13.5. The van der Waals surface area contributed by atoms with E-state index in [1.807, 2.05) is 0 Å². The standard InChI is InChI=1S/C34H30O10/c1-39-29-17-7-9-19-23(15(17)11-13-21(29)35)31(41-3)33(43-5)27(37)25(19)26-20-10-8-18-16(12-14-22(36)30(18)40-2)24(20)32(42-4)34(44-6)28(26)38/h7-14,35-38H,1-6H3. The Hall–Kier alpha value is -5.64. The molecule has 0 aliphatic heterocycles. The molecule has 0 heterocycles. The van der Waals surface area contributed by atoms with Crippen LogP contribution in [0.3, 0.4) is 0 Å². The van der Waals surface area contributed by atoms with Crippen molar-refractivity contribution in [1.29, 1.82) is 0 Å². The zero-order chi connectivity index (χ0) is 31.4. The molecule has 0 radical (unpaired) electrons. The van der Waals surface area contributed by atoms with Crippen LogP contribution >= 0.6 is 0 Å². The lowest BCUT2D eigenvalue weighted by molar-refractivity contribution is 0.335. The lowest BCUT2D eigenvalue weighted by Crippen LogP contribution is -1.99. The minimum atomic E-state index is -0.283. The highest BCUT2D eigenvalue weighted by Crippen LogP contribution is 2.59. The monoisotopic (exact) mass is 598 g/mol. The number of aromatic hydroxyl groups is 4. The van der Waals surface area contributed by atoms with Crippen LogP contribution in [0.15, 0.2) is 48.5 Å². The molecule has 0 aromatic heterocycles. The van der Waals surface area contributed by atoms with E-state index in [4.69, 9.17) is 28.4 Å². The molecule has 0 fully saturated rings. The fourth-order valence-corrected chi connectivity index (χ4v) is 6.27. The summed E-state index contributed by atoms with van der Waals surface area (Å²) in [6.45, 7) is 0. The van der Waals surface area contributed by atoms with Gasteiger partial charge in [0.15, 0.2) is 46.0 Å². The van der Waals surface area contributed by atoms with Crippen molar-refractivity contribution >= 4 is 43.1 Å². The van der Waals surface area contributed by atoms with Gasteiger partial charge in [0.2, 0.25) is 11.5 Å². The SMILES string of the molecule is COc1c(O)c(-c2c(O)c(OC)c(OC)c3c2ccc2c(OC)c(O)ccc23)c2ccc3c(OC)c(O)ccc3c2c1OC. The molecule has 0 spiro atoms. The number of phenolic OH excluding ortho intramolecular Hbond substituents is 4. The van der Waals surface area contributed by atoms with Crippen LogP contribution in [0.1, 0.15) is 0 Å². The van der Waals surface area contributed by atoms with Gasteiger partial charge in [-0.1, -0.05) is 12.1 Å². The van der Waals surface area contributed by atoms with E-state index in [2.05, 4.69) is 0 Å². The van der Waals surface area contributed by atoms with Crippen LogP contribution in [0.5, 0.6) is 57.5 Å². The van der Waals surface area contributed by atoms with Crippen molar-refractivity contribution in [3.05, 3.63) is 48.5 Å². The number of rotatable bonds is 7. The van der Waals surface area contributed by atoms with Crippen molar-refractivity contribution in [1.82, 2.24) is 0 Å². The van der Waals surface area contributed by atoms with Gasteiger partial charge in [0, 0.05) is 32.7 Å². The Labute approximate surface area is 251 Å². The molecule has 226 valence electrons. The maximum absolute atomic E-state index is 11.9. The van der Waals surface area contributed by atoms with E-state index in [0.717, 1.165) is 0 Å². The highest BCUT2D eigenvalue weighted by molar-refractivity contribution is 6.24. The first kappa shape index (κ1) is 28.5. The molecule has 10 heteroatoms. The van der Waals surface area contributed by atoms with Crippen molar-refractivity contribution < 1.29 is 48.8 Å². The Kier molecular flexibility index (Phi) is 6.84. The summed E-state index contributed by atoms with van der Waals surface area (Å²) in [4.78, 5) is 0. The molecule has 0 amide bonds. The number of fused-ring (bicyclic) bond motifs is 6. The summed E-state index contributed by atoms with van der Waals surface area (Å²) in [5.41, 5.74) is 0.472. The summed E-state index contributed by atoms with van der Waals surface area (Å²) in [5, 5.41) is 49.3. The average molecular weight is 599 g/mol. The molecule has 0 aliphatic carbocycles. The third kappa shape index (κ3) is 3.73. The van der Waals surface area contributed by atoms with Gasteiger partial charge < -0.3 is 48.8 Å². The van der Waals surface area contributed by atoms with Crippen molar-refractivity contribution in [3.8, 4) is 68.6 Å². The van der Waals surface area contributed by atoms with Gasteiger partial charge in [-0.25, -0.2) is 0 Å². The number of benzene rings is 6. The second-order valence-corrected chi connectivity index (χ2v) is 9.98. The number of phenols is 4. The molecule has 6 rings (SSSR count). The van der Waals surface area contributed by atoms with Crippen LogP contribution in [-0.4, -0.2) is 63.1 Å². The fraction of sp³-hybridized carbons (Fsp3) is 0.176. The van der Waals surface area contributed by atoms with Crippen molar-refractivity contribution in [2.24, 2.45) is 0 Å². The smallest absolute Gasteiger partial charge is 0.204 e. The minimum Gasteiger partial charge on any atom is -0.504 e. The molecule has 0 bridgehead atoms. The van der Waals surface area contributed by atoms with Crippen LogP contribution in [0.4, 0.5) is 0 Å². The molecule has 6 aromatic carbocycles. The third-order valence-electron chi connectivity index (χ3n) is 8.05. The molecule has 0 saturated carbocycles. The van der Waals surface area contributed by atoms with E-state index in [0.29, 0.717) is 43.1 Å². The molecule has 44 heavy (non-hydrogen) atoms. The fourth-order valence-electron chi connectivity index (χ4n) is 6.27. The zero-order valence-electron chi connectivity index (χ0n) is 24.9. The van der Waals surface area contributed by atoms with Gasteiger partial charge in [-0.3, -0.25) is 0 Å². The van der Waals surface area contributed by atoms with Crippen LogP contribution in [-0.2, 0) is 0 Å². The van der Waals surface area contributed by atoms with E-state index in [1.165, 1.54) is 54.8 Å². The molecule has 0 atom stereocenters. The van der Waals surface area contributed by atoms with Crippen LogP contribution in [0, 0.1) is 0 Å². The molecule has 6 aromatic rings. The van der Waals surface area contributed by atoms with E-state index >= 15 is 0 Å². The van der Waals surface area contributed by atoms with Crippen molar-refractivity contribution in [3.63, 3.8) is 0 Å². The maximum Gasteiger partial charge on any atom is 0.204 e.